The van der Waals surface area contributed by atoms with Crippen molar-refractivity contribution in [3.8, 4) is 0 Å². The van der Waals surface area contributed by atoms with E-state index in [4.69, 9.17) is 0 Å². The fraction of sp³-hybridized carbons (Fsp3) is 0.562. The number of benzene rings is 1. The van der Waals surface area contributed by atoms with Crippen molar-refractivity contribution >= 4 is 5.91 Å². The molecule has 0 radical (unpaired) electrons. The molecule has 1 amide bonds. The van der Waals surface area contributed by atoms with Crippen LogP contribution in [0.15, 0.2) is 24.3 Å². The lowest BCUT2D eigenvalue weighted by atomic mass is 10.0. The largest absolute Gasteiger partial charge is 0.329 e. The molecule has 19 heavy (non-hydrogen) atoms. The van der Waals surface area contributed by atoms with E-state index >= 15 is 0 Å². The number of hydrogen-bond donors (Lipinski definition) is 0. The summed E-state index contributed by atoms with van der Waals surface area (Å²) in [6.45, 7) is 8.58. The molecule has 0 N–H and O–H groups in total. The Balaban J connectivity index is 1.79. The average Bonchev–Trinajstić information content (AvgIpc) is 2.73. The lowest BCUT2D eigenvalue weighted by molar-refractivity contribution is 0.0497. The van der Waals surface area contributed by atoms with Crippen molar-refractivity contribution in [2.75, 3.05) is 26.2 Å². The molecule has 3 nitrogen and oxygen atoms in total. The topological polar surface area (TPSA) is 23.6 Å². The van der Waals surface area contributed by atoms with E-state index in [1.807, 2.05) is 18.2 Å². The van der Waals surface area contributed by atoms with Gasteiger partial charge in [-0.1, -0.05) is 38.5 Å². The van der Waals surface area contributed by atoms with Gasteiger partial charge in [0.1, 0.15) is 0 Å². The predicted octanol–water partition coefficient (Wildman–Crippen LogP) is 2.55. The van der Waals surface area contributed by atoms with Crippen LogP contribution in [-0.2, 0) is 0 Å². The smallest absolute Gasteiger partial charge is 0.254 e. The van der Waals surface area contributed by atoms with Crippen LogP contribution in [0, 0.1) is 5.92 Å². The van der Waals surface area contributed by atoms with Gasteiger partial charge in [0.15, 0.2) is 0 Å². The molecule has 2 heterocycles. The minimum absolute atomic E-state index is 0.226. The maximum absolute atomic E-state index is 12.3. The van der Waals surface area contributed by atoms with Crippen LogP contribution in [0.2, 0.25) is 0 Å². The second-order valence-corrected chi connectivity index (χ2v) is 5.87. The number of fused-ring (bicyclic) bond motifs is 3. The second-order valence-electron chi connectivity index (χ2n) is 5.87. The van der Waals surface area contributed by atoms with Crippen LogP contribution < -0.4 is 0 Å². The molecule has 1 aromatic rings. The van der Waals surface area contributed by atoms with E-state index in [0.717, 1.165) is 37.7 Å². The van der Waals surface area contributed by atoms with Crippen LogP contribution in [-0.4, -0.2) is 41.9 Å². The molecule has 2 unspecified atom stereocenters. The third-order valence-corrected chi connectivity index (χ3v) is 4.54. The fourth-order valence-corrected chi connectivity index (χ4v) is 3.22. The zero-order valence-electron chi connectivity index (χ0n) is 11.8. The summed E-state index contributed by atoms with van der Waals surface area (Å²) >= 11 is 0. The van der Waals surface area contributed by atoms with Crippen molar-refractivity contribution in [2.45, 2.75) is 26.3 Å². The number of carbonyl (C=O) groups excluding carboxylic acids is 1. The number of carbonyl (C=O) groups is 1. The third-order valence-electron chi connectivity index (χ3n) is 4.54. The van der Waals surface area contributed by atoms with E-state index < -0.39 is 0 Å². The quantitative estimate of drug-likeness (QED) is 0.832. The molecule has 1 saturated heterocycles. The van der Waals surface area contributed by atoms with Gasteiger partial charge in [0.05, 0.1) is 6.04 Å². The Bertz CT molecular complexity index is 485. The highest BCUT2D eigenvalue weighted by atomic mass is 16.2. The molecule has 0 aromatic heterocycles. The fourth-order valence-electron chi connectivity index (χ4n) is 3.22. The maximum Gasteiger partial charge on any atom is 0.254 e. The monoisotopic (exact) mass is 258 g/mol. The Labute approximate surface area is 115 Å². The van der Waals surface area contributed by atoms with Gasteiger partial charge in [-0.2, -0.15) is 0 Å². The molecule has 102 valence electrons. The van der Waals surface area contributed by atoms with E-state index in [0.29, 0.717) is 0 Å². The first-order valence-electron chi connectivity index (χ1n) is 7.33. The van der Waals surface area contributed by atoms with Crippen molar-refractivity contribution in [3.63, 3.8) is 0 Å². The van der Waals surface area contributed by atoms with Gasteiger partial charge in [0, 0.05) is 31.7 Å². The highest BCUT2D eigenvalue weighted by Gasteiger charge is 2.39. The summed E-state index contributed by atoms with van der Waals surface area (Å²) in [6, 6.07) is 8.37. The summed E-state index contributed by atoms with van der Waals surface area (Å²) in [6.07, 6.45) is 1.22. The molecule has 3 rings (SSSR count). The second kappa shape index (κ2) is 4.97. The van der Waals surface area contributed by atoms with Crippen LogP contribution in [0.1, 0.15) is 42.2 Å². The summed E-state index contributed by atoms with van der Waals surface area (Å²) in [4.78, 5) is 16.9. The lowest BCUT2D eigenvalue weighted by Gasteiger charge is -2.38. The van der Waals surface area contributed by atoms with Crippen molar-refractivity contribution in [1.29, 1.82) is 0 Å². The number of hydrogen-bond acceptors (Lipinski definition) is 2. The van der Waals surface area contributed by atoms with Gasteiger partial charge in [-0.25, -0.2) is 0 Å². The summed E-state index contributed by atoms with van der Waals surface area (Å²) < 4.78 is 0. The highest BCUT2D eigenvalue weighted by molar-refractivity contribution is 5.99. The molecule has 1 fully saturated rings. The van der Waals surface area contributed by atoms with Crippen molar-refractivity contribution in [3.05, 3.63) is 35.4 Å². The molecule has 0 spiro atoms. The first kappa shape index (κ1) is 12.7. The molecule has 0 bridgehead atoms. The van der Waals surface area contributed by atoms with E-state index in [2.05, 4.69) is 29.7 Å². The van der Waals surface area contributed by atoms with Crippen LogP contribution in [0.25, 0.3) is 0 Å². The summed E-state index contributed by atoms with van der Waals surface area (Å²) in [5.74, 6) is 0.961. The van der Waals surface area contributed by atoms with Gasteiger partial charge >= 0.3 is 0 Å². The van der Waals surface area contributed by atoms with Gasteiger partial charge in [-0.3, -0.25) is 9.69 Å². The lowest BCUT2D eigenvalue weighted by Crippen LogP contribution is -2.48. The minimum atomic E-state index is 0.226. The van der Waals surface area contributed by atoms with Crippen LogP contribution >= 0.6 is 0 Å². The first-order valence-corrected chi connectivity index (χ1v) is 7.33. The zero-order valence-corrected chi connectivity index (χ0v) is 11.8. The molecular formula is C16H22N2O. The maximum atomic E-state index is 12.3. The van der Waals surface area contributed by atoms with Gasteiger partial charge < -0.3 is 4.90 Å². The van der Waals surface area contributed by atoms with Crippen molar-refractivity contribution in [2.24, 2.45) is 5.92 Å². The van der Waals surface area contributed by atoms with E-state index in [1.165, 1.54) is 12.0 Å². The number of nitrogens with zero attached hydrogens (tertiary/aromatic N) is 2. The molecule has 3 heteroatoms. The summed E-state index contributed by atoms with van der Waals surface area (Å²) in [5.41, 5.74) is 2.14. The predicted molar refractivity (Wildman–Crippen MR) is 76.1 cm³/mol. The zero-order chi connectivity index (χ0) is 13.4. The molecule has 2 aliphatic heterocycles. The van der Waals surface area contributed by atoms with Crippen LogP contribution in [0.3, 0.4) is 0 Å². The highest BCUT2D eigenvalue weighted by Crippen LogP contribution is 2.36. The Kier molecular flexibility index (Phi) is 3.31. The number of amides is 1. The Morgan fingerprint density at radius 1 is 1.32 bits per heavy atom. The average molecular weight is 258 g/mol. The standard InChI is InChI=1S/C16H22N2O/c1-3-12(2)10-17-8-9-18-15(11-17)13-6-4-5-7-14(13)16(18)19/h4-7,12,15H,3,8-11H2,1-2H3. The summed E-state index contributed by atoms with van der Waals surface area (Å²) in [5, 5.41) is 0. The molecule has 0 aliphatic carbocycles. The van der Waals surface area contributed by atoms with E-state index in [1.54, 1.807) is 0 Å². The van der Waals surface area contributed by atoms with Crippen LogP contribution in [0.5, 0.6) is 0 Å². The van der Waals surface area contributed by atoms with Gasteiger partial charge in [-0.05, 0) is 17.5 Å². The summed E-state index contributed by atoms with van der Waals surface area (Å²) in [7, 11) is 0. The van der Waals surface area contributed by atoms with Crippen molar-refractivity contribution in [1.82, 2.24) is 9.80 Å². The molecule has 1 aromatic carbocycles. The van der Waals surface area contributed by atoms with Gasteiger partial charge in [0.2, 0.25) is 0 Å². The molecule has 2 aliphatic rings. The molecular weight excluding hydrogens is 236 g/mol. The normalized spacial score (nSPS) is 24.2. The number of piperazine rings is 1. The minimum Gasteiger partial charge on any atom is -0.329 e. The first-order chi connectivity index (χ1) is 9.20. The Morgan fingerprint density at radius 2 is 2.11 bits per heavy atom. The third kappa shape index (κ3) is 2.16. The van der Waals surface area contributed by atoms with Gasteiger partial charge in [-0.15, -0.1) is 0 Å². The SMILES string of the molecule is CCC(C)CN1CCN2C(=O)c3ccccc3C2C1. The molecule has 2 atom stereocenters. The van der Waals surface area contributed by atoms with E-state index in [9.17, 15) is 4.79 Å². The Morgan fingerprint density at radius 3 is 2.89 bits per heavy atom. The number of rotatable bonds is 3. The molecule has 0 saturated carbocycles. The van der Waals surface area contributed by atoms with Crippen molar-refractivity contribution < 1.29 is 4.79 Å². The van der Waals surface area contributed by atoms with Gasteiger partial charge in [0.25, 0.3) is 5.91 Å². The van der Waals surface area contributed by atoms with E-state index in [-0.39, 0.29) is 11.9 Å². The Hall–Kier alpha value is -1.35. The van der Waals surface area contributed by atoms with Crippen LogP contribution in [0.4, 0.5) is 0 Å².